The van der Waals surface area contributed by atoms with Gasteiger partial charge in [-0.2, -0.15) is 11.8 Å². The van der Waals surface area contributed by atoms with E-state index in [0.717, 1.165) is 11.1 Å². The topological polar surface area (TPSA) is 148 Å². The van der Waals surface area contributed by atoms with Crippen molar-refractivity contribution in [1.82, 2.24) is 15.1 Å². The van der Waals surface area contributed by atoms with Crippen LogP contribution in [0, 0.1) is 13.8 Å². The number of aromatic hydroxyl groups is 1. The fraction of sp³-hybridized carbons (Fsp3) is 0.576. The summed E-state index contributed by atoms with van der Waals surface area (Å²) in [6, 6.07) is -1.16. The number of alkyl halides is 3. The van der Waals surface area contributed by atoms with E-state index in [1.165, 1.54) is 25.8 Å². The van der Waals surface area contributed by atoms with E-state index in [1.54, 1.807) is 13.8 Å². The van der Waals surface area contributed by atoms with Gasteiger partial charge in [-0.3, -0.25) is 29.4 Å². The molecule has 0 aromatic heterocycles. The van der Waals surface area contributed by atoms with E-state index in [4.69, 9.17) is 23.7 Å². The van der Waals surface area contributed by atoms with Crippen molar-refractivity contribution in [2.24, 2.45) is 0 Å². The molecule has 0 saturated carbocycles. The van der Waals surface area contributed by atoms with Gasteiger partial charge in [0, 0.05) is 47.0 Å². The van der Waals surface area contributed by atoms with Gasteiger partial charge in [-0.15, -0.1) is 13.2 Å². The van der Waals surface area contributed by atoms with Gasteiger partial charge in [-0.25, -0.2) is 0 Å². The van der Waals surface area contributed by atoms with E-state index in [0.29, 0.717) is 52.4 Å². The van der Waals surface area contributed by atoms with Gasteiger partial charge in [-0.1, -0.05) is 6.07 Å². The maximum absolute atomic E-state index is 12.8. The lowest BCUT2D eigenvalue weighted by atomic mass is 9.73. The van der Waals surface area contributed by atoms with Gasteiger partial charge in [0.2, 0.25) is 6.79 Å². The number of halogens is 3. The summed E-state index contributed by atoms with van der Waals surface area (Å²) in [5.41, 5.74) is 3.63. The molecule has 4 aliphatic heterocycles. The summed E-state index contributed by atoms with van der Waals surface area (Å²) in [5, 5.41) is 26.2. The summed E-state index contributed by atoms with van der Waals surface area (Å²) in [7, 11) is 3.33. The zero-order chi connectivity index (χ0) is 36.2. The molecule has 4 aliphatic rings. The van der Waals surface area contributed by atoms with Crippen molar-refractivity contribution in [3.05, 3.63) is 39.4 Å². The Bertz CT molecular complexity index is 1660. The minimum absolute atomic E-state index is 0.0502. The number of likely N-dealkylation sites (N-methyl/N-ethyl adjacent to an activating group) is 1. The Hall–Kier alpha value is -3.48. The van der Waals surface area contributed by atoms with Crippen LogP contribution in [0.1, 0.15) is 64.6 Å². The maximum atomic E-state index is 12.8. The number of esters is 1. The largest absolute Gasteiger partial charge is 0.523 e. The molecule has 1 fully saturated rings. The molecule has 0 spiro atoms. The van der Waals surface area contributed by atoms with Crippen molar-refractivity contribution in [3.8, 4) is 28.7 Å². The summed E-state index contributed by atoms with van der Waals surface area (Å²) in [5.74, 6) is 0.768. The molecule has 7 atom stereocenters. The molecule has 4 heterocycles. The van der Waals surface area contributed by atoms with Crippen molar-refractivity contribution in [2.45, 2.75) is 82.2 Å². The van der Waals surface area contributed by atoms with E-state index in [1.807, 2.05) is 29.8 Å². The number of phenolic OH excluding ortho intramolecular Hbond substituents is 1. The molecule has 1 unspecified atom stereocenters. The number of hydrogen-bond donors (Lipinski definition) is 3. The molecule has 2 aromatic carbocycles. The van der Waals surface area contributed by atoms with Crippen LogP contribution in [0.25, 0.3) is 0 Å². The second-order valence-electron chi connectivity index (χ2n) is 12.9. The molecule has 0 amide bonds. The Morgan fingerprint density at radius 1 is 1.20 bits per heavy atom. The van der Waals surface area contributed by atoms with Crippen molar-refractivity contribution >= 4 is 24.2 Å². The van der Waals surface area contributed by atoms with Crippen LogP contribution < -0.4 is 24.3 Å². The molecule has 17 heteroatoms. The minimum Gasteiger partial charge on any atom is -0.504 e. The molecular formula is C33H40F3N3O10S. The van der Waals surface area contributed by atoms with Crippen LogP contribution in [0.2, 0.25) is 0 Å². The number of rotatable bonds is 11. The number of thioether (sulfide) groups is 1. The number of benzene rings is 2. The lowest BCUT2D eigenvalue weighted by Gasteiger charge is -2.61. The summed E-state index contributed by atoms with van der Waals surface area (Å²) in [6.07, 6.45) is -5.57. The van der Waals surface area contributed by atoms with Gasteiger partial charge in [0.1, 0.15) is 25.3 Å². The molecule has 0 aliphatic carbocycles. The van der Waals surface area contributed by atoms with E-state index in [2.05, 4.69) is 10.1 Å². The van der Waals surface area contributed by atoms with Gasteiger partial charge in [0.05, 0.1) is 30.5 Å². The Kier molecular flexibility index (Phi) is 10.1. The SMILES string of the molecule is COc1c(C)cc2c(c1O)[C@H]1C3[C@H](SC[C@@H](C)NCOC(F)(F)F)c4c(OC(C)=O)c(C)c5c(c4[C@H](COC=O)N3[C@@H](O)[C@H](C2)N1C)OCO5. The molecule has 3 N–H and O–H groups in total. The number of piperazine rings is 1. The Labute approximate surface area is 290 Å². The second-order valence-corrected chi connectivity index (χ2v) is 14.0. The fourth-order valence-corrected chi connectivity index (χ4v) is 9.45. The third-order valence-corrected chi connectivity index (χ3v) is 11.5. The second kappa shape index (κ2) is 13.9. The molecule has 2 bridgehead atoms. The lowest BCUT2D eigenvalue weighted by Crippen LogP contribution is -2.69. The summed E-state index contributed by atoms with van der Waals surface area (Å²) < 4.78 is 71.0. The maximum Gasteiger partial charge on any atom is 0.523 e. The van der Waals surface area contributed by atoms with Crippen LogP contribution in [0.15, 0.2) is 6.07 Å². The number of carbonyl (C=O) groups is 2. The fourth-order valence-electron chi connectivity index (χ4n) is 7.95. The summed E-state index contributed by atoms with van der Waals surface area (Å²) in [4.78, 5) is 28.2. The van der Waals surface area contributed by atoms with E-state index < -0.39 is 60.7 Å². The summed E-state index contributed by atoms with van der Waals surface area (Å²) >= 11 is 1.37. The highest BCUT2D eigenvalue weighted by Gasteiger charge is 2.60. The Balaban J connectivity index is 1.58. The van der Waals surface area contributed by atoms with E-state index in [-0.39, 0.29) is 30.7 Å². The first kappa shape index (κ1) is 36.3. The standard InChI is InChI=1S/C33H40F3N3O10S/c1-14-7-18-8-19-32(43)39-20(9-45-12-40)22-23(28(49-17(4)41)16(3)29-30(22)47-13-46-29)31(50-10-15(2)37-11-48-33(34,35)36)25(39)24(38(19)5)21(18)26(42)27(14)44-6/h7,12,15,19-20,24-25,31-32,37,42-43H,8-11,13H2,1-6H3/t15-,19+,20+,24+,25?,31-,32+/m1/s1. The first-order valence-electron chi connectivity index (χ1n) is 16.0. The lowest BCUT2D eigenvalue weighted by molar-refractivity contribution is -0.327. The van der Waals surface area contributed by atoms with Crippen molar-refractivity contribution in [1.29, 1.82) is 0 Å². The number of aliphatic hydroxyl groups is 1. The van der Waals surface area contributed by atoms with Crippen LogP contribution in [0.3, 0.4) is 0 Å². The van der Waals surface area contributed by atoms with Crippen LogP contribution in [0.5, 0.6) is 28.7 Å². The number of nitrogens with one attached hydrogen (secondary N) is 1. The number of aryl methyl sites for hydroxylation is 1. The zero-order valence-corrected chi connectivity index (χ0v) is 29.1. The third kappa shape index (κ3) is 6.21. The number of phenols is 1. The number of ether oxygens (including phenoxy) is 6. The number of fused-ring (bicyclic) bond motifs is 9. The predicted molar refractivity (Wildman–Crippen MR) is 172 cm³/mol. The Morgan fingerprint density at radius 3 is 2.58 bits per heavy atom. The van der Waals surface area contributed by atoms with Gasteiger partial charge in [0.25, 0.3) is 6.47 Å². The monoisotopic (exact) mass is 727 g/mol. The number of aliphatic hydroxyl groups excluding tert-OH is 1. The highest BCUT2D eigenvalue weighted by molar-refractivity contribution is 7.99. The molecule has 2 aromatic rings. The number of nitrogens with zero attached hydrogens (tertiary/aromatic N) is 2. The highest BCUT2D eigenvalue weighted by atomic mass is 32.2. The third-order valence-electron chi connectivity index (χ3n) is 9.90. The van der Waals surface area contributed by atoms with Crippen LogP contribution in [-0.4, -0.2) is 103 Å². The molecule has 50 heavy (non-hydrogen) atoms. The number of methoxy groups -OCH3 is 1. The number of carbonyl (C=O) groups excluding carboxylic acids is 2. The minimum atomic E-state index is -4.81. The quantitative estimate of drug-likeness (QED) is 0.134. The molecule has 13 nitrogen and oxygen atoms in total. The van der Waals surface area contributed by atoms with Gasteiger partial charge < -0.3 is 33.9 Å². The van der Waals surface area contributed by atoms with Crippen LogP contribution >= 0.6 is 11.8 Å². The van der Waals surface area contributed by atoms with E-state index >= 15 is 0 Å². The van der Waals surface area contributed by atoms with Gasteiger partial charge >= 0.3 is 12.3 Å². The van der Waals surface area contributed by atoms with E-state index in [9.17, 15) is 33.0 Å². The first-order chi connectivity index (χ1) is 23.7. The normalized spacial score (nSPS) is 26.0. The molecule has 0 radical (unpaired) electrons. The number of hydrogen-bond acceptors (Lipinski definition) is 14. The molecule has 1 saturated heterocycles. The molecule has 274 valence electrons. The zero-order valence-electron chi connectivity index (χ0n) is 28.3. The first-order valence-corrected chi connectivity index (χ1v) is 17.1. The summed E-state index contributed by atoms with van der Waals surface area (Å²) in [6.45, 7) is 5.71. The van der Waals surface area contributed by atoms with Crippen molar-refractivity contribution in [2.75, 3.05) is 40.0 Å². The predicted octanol–water partition coefficient (Wildman–Crippen LogP) is 3.75. The average Bonchev–Trinajstić information content (AvgIpc) is 3.53. The smallest absolute Gasteiger partial charge is 0.504 e. The molecular weight excluding hydrogens is 687 g/mol. The highest BCUT2D eigenvalue weighted by Crippen LogP contribution is 2.63. The van der Waals surface area contributed by atoms with Crippen molar-refractivity contribution < 1.29 is 61.4 Å². The average molecular weight is 728 g/mol. The van der Waals surface area contributed by atoms with Crippen LogP contribution in [-0.2, 0) is 25.5 Å². The van der Waals surface area contributed by atoms with Crippen molar-refractivity contribution in [3.63, 3.8) is 0 Å². The molecule has 6 rings (SSSR count). The van der Waals surface area contributed by atoms with Crippen LogP contribution in [0.4, 0.5) is 13.2 Å². The Morgan fingerprint density at radius 2 is 1.92 bits per heavy atom. The van der Waals surface area contributed by atoms with Gasteiger partial charge in [-0.05, 0) is 45.4 Å². The van der Waals surface area contributed by atoms with Gasteiger partial charge in [0.15, 0.2) is 23.0 Å².